The number of Topliss-reactive ketones (excluding diaryl/α,β-unsaturated/α-hetero) is 1. The number of para-hydroxylation sites is 1. The number of methoxy groups -OCH3 is 2. The topological polar surface area (TPSA) is 42.0 Å². The van der Waals surface area contributed by atoms with Gasteiger partial charge in [0.25, 0.3) is 0 Å². The van der Waals surface area contributed by atoms with Gasteiger partial charge in [0.1, 0.15) is 0 Å². The van der Waals surface area contributed by atoms with E-state index in [4.69, 9.17) is 9.47 Å². The quantitative estimate of drug-likeness (QED) is 0.452. The van der Waals surface area contributed by atoms with Gasteiger partial charge in [-0.05, 0) is 36.1 Å². The number of ether oxygens (including phenoxy) is 2. The van der Waals surface area contributed by atoms with E-state index in [0.717, 1.165) is 38.5 Å². The van der Waals surface area contributed by atoms with E-state index in [0.29, 0.717) is 23.5 Å². The number of hydrogen-bond donors (Lipinski definition) is 0. The number of benzene rings is 2. The zero-order valence-corrected chi connectivity index (χ0v) is 18.3. The fraction of sp³-hybridized carbons (Fsp3) is 0.435. The molecule has 0 atom stereocenters. The van der Waals surface area contributed by atoms with Crippen LogP contribution < -0.4 is 14.4 Å². The van der Waals surface area contributed by atoms with E-state index in [1.54, 1.807) is 26.4 Å². The molecule has 6 heteroatoms. The van der Waals surface area contributed by atoms with Crippen molar-refractivity contribution < 1.29 is 14.3 Å². The molecule has 29 heavy (non-hydrogen) atoms. The molecule has 0 saturated carbocycles. The third-order valence-corrected chi connectivity index (χ3v) is 6.18. The average molecular weight is 415 g/mol. The SMILES string of the molecule is CCSc1ccccc1N1CCN(CCC(=O)c2ccc(OC)c(OC)c2)CC1. The van der Waals surface area contributed by atoms with Gasteiger partial charge >= 0.3 is 0 Å². The molecule has 0 aliphatic carbocycles. The van der Waals surface area contributed by atoms with Crippen molar-refractivity contribution in [3.05, 3.63) is 48.0 Å². The molecule has 1 aliphatic rings. The lowest BCUT2D eigenvalue weighted by Crippen LogP contribution is -2.47. The van der Waals surface area contributed by atoms with Gasteiger partial charge in [-0.3, -0.25) is 9.69 Å². The van der Waals surface area contributed by atoms with Crippen molar-refractivity contribution in [3.63, 3.8) is 0 Å². The van der Waals surface area contributed by atoms with Crippen LogP contribution in [0.5, 0.6) is 11.5 Å². The molecule has 0 spiro atoms. The number of rotatable bonds is 9. The minimum atomic E-state index is 0.137. The first kappa shape index (κ1) is 21.5. The zero-order chi connectivity index (χ0) is 20.6. The first-order valence-electron chi connectivity index (χ1n) is 10.1. The third kappa shape index (κ3) is 5.46. The van der Waals surface area contributed by atoms with Gasteiger partial charge in [-0.1, -0.05) is 19.1 Å². The predicted octanol–water partition coefficient (Wildman–Crippen LogP) is 4.21. The van der Waals surface area contributed by atoms with Gasteiger partial charge in [-0.2, -0.15) is 0 Å². The van der Waals surface area contributed by atoms with Crippen molar-refractivity contribution in [1.29, 1.82) is 0 Å². The molecule has 0 unspecified atom stereocenters. The molecule has 3 rings (SSSR count). The lowest BCUT2D eigenvalue weighted by molar-refractivity contribution is 0.0962. The Morgan fingerprint density at radius 1 is 1.00 bits per heavy atom. The molecule has 2 aromatic carbocycles. The molecule has 5 nitrogen and oxygen atoms in total. The highest BCUT2D eigenvalue weighted by Crippen LogP contribution is 2.31. The number of anilines is 1. The highest BCUT2D eigenvalue weighted by molar-refractivity contribution is 7.99. The normalized spacial score (nSPS) is 14.7. The van der Waals surface area contributed by atoms with Crippen LogP contribution in [0.1, 0.15) is 23.7 Å². The number of hydrogen-bond acceptors (Lipinski definition) is 6. The first-order chi connectivity index (χ1) is 14.2. The predicted molar refractivity (Wildman–Crippen MR) is 120 cm³/mol. The van der Waals surface area contributed by atoms with Crippen LogP contribution in [0.15, 0.2) is 47.4 Å². The Balaban J connectivity index is 1.52. The Hall–Kier alpha value is -2.18. The second-order valence-electron chi connectivity index (χ2n) is 6.97. The summed E-state index contributed by atoms with van der Waals surface area (Å²) in [4.78, 5) is 18.8. The van der Waals surface area contributed by atoms with Gasteiger partial charge in [0.05, 0.1) is 19.9 Å². The van der Waals surface area contributed by atoms with Crippen molar-refractivity contribution in [3.8, 4) is 11.5 Å². The van der Waals surface area contributed by atoms with Gasteiger partial charge < -0.3 is 14.4 Å². The largest absolute Gasteiger partial charge is 0.493 e. The number of carbonyl (C=O) groups excluding carboxylic acids is 1. The highest BCUT2D eigenvalue weighted by atomic mass is 32.2. The Kier molecular flexibility index (Phi) is 7.83. The second kappa shape index (κ2) is 10.6. The molecule has 0 aromatic heterocycles. The summed E-state index contributed by atoms with van der Waals surface area (Å²) in [6.07, 6.45) is 0.512. The van der Waals surface area contributed by atoms with Crippen molar-refractivity contribution in [2.24, 2.45) is 0 Å². The van der Waals surface area contributed by atoms with Gasteiger partial charge in [-0.15, -0.1) is 11.8 Å². The summed E-state index contributed by atoms with van der Waals surface area (Å²) in [7, 11) is 3.18. The highest BCUT2D eigenvalue weighted by Gasteiger charge is 2.20. The Morgan fingerprint density at radius 2 is 1.72 bits per heavy atom. The molecule has 1 heterocycles. The van der Waals surface area contributed by atoms with Crippen LogP contribution in [-0.4, -0.2) is 63.4 Å². The van der Waals surface area contributed by atoms with Crippen molar-refractivity contribution in [2.75, 3.05) is 57.6 Å². The van der Waals surface area contributed by atoms with E-state index in [9.17, 15) is 4.79 Å². The summed E-state index contributed by atoms with van der Waals surface area (Å²) in [6, 6.07) is 14.0. The molecule has 1 aliphatic heterocycles. The maximum Gasteiger partial charge on any atom is 0.164 e. The van der Waals surface area contributed by atoms with Gasteiger partial charge in [0, 0.05) is 49.6 Å². The first-order valence-corrected chi connectivity index (χ1v) is 11.1. The standard InChI is InChI=1S/C23H30N2O3S/c1-4-29-23-8-6-5-7-19(23)25-15-13-24(14-16-25)12-11-20(26)18-9-10-21(27-2)22(17-18)28-3/h5-10,17H,4,11-16H2,1-3H3. The van der Waals surface area contributed by atoms with Crippen LogP contribution >= 0.6 is 11.8 Å². The van der Waals surface area contributed by atoms with E-state index in [-0.39, 0.29) is 5.78 Å². The smallest absolute Gasteiger partial charge is 0.164 e. The monoisotopic (exact) mass is 414 g/mol. The summed E-state index contributed by atoms with van der Waals surface area (Å²) in [5.74, 6) is 2.45. The van der Waals surface area contributed by atoms with Crippen LogP contribution in [0.2, 0.25) is 0 Å². The molecule has 0 amide bonds. The number of ketones is 1. The van der Waals surface area contributed by atoms with Crippen LogP contribution in [0, 0.1) is 0 Å². The molecule has 2 aromatic rings. The Labute approximate surface area is 178 Å². The molecule has 0 radical (unpaired) electrons. The molecule has 156 valence electrons. The van der Waals surface area contributed by atoms with E-state index in [2.05, 4.69) is 41.0 Å². The van der Waals surface area contributed by atoms with Gasteiger partial charge in [0.2, 0.25) is 0 Å². The average Bonchev–Trinajstić information content (AvgIpc) is 2.78. The van der Waals surface area contributed by atoms with E-state index < -0.39 is 0 Å². The van der Waals surface area contributed by atoms with Crippen molar-refractivity contribution in [2.45, 2.75) is 18.2 Å². The second-order valence-corrected chi connectivity index (χ2v) is 8.28. The lowest BCUT2D eigenvalue weighted by atomic mass is 10.1. The molecule has 0 bridgehead atoms. The number of nitrogens with zero attached hydrogens (tertiary/aromatic N) is 2. The maximum absolute atomic E-state index is 12.6. The van der Waals surface area contributed by atoms with Crippen molar-refractivity contribution >= 4 is 23.2 Å². The molecular weight excluding hydrogens is 384 g/mol. The Bertz CT molecular complexity index is 820. The van der Waals surface area contributed by atoms with Crippen LogP contribution in [0.3, 0.4) is 0 Å². The minimum absolute atomic E-state index is 0.137. The van der Waals surface area contributed by atoms with Gasteiger partial charge in [-0.25, -0.2) is 0 Å². The molecule has 1 saturated heterocycles. The zero-order valence-electron chi connectivity index (χ0n) is 17.5. The van der Waals surface area contributed by atoms with E-state index >= 15 is 0 Å². The number of thioether (sulfide) groups is 1. The summed E-state index contributed by atoms with van der Waals surface area (Å²) in [5.41, 5.74) is 2.01. The van der Waals surface area contributed by atoms with Crippen LogP contribution in [0.25, 0.3) is 0 Å². The van der Waals surface area contributed by atoms with Crippen LogP contribution in [0.4, 0.5) is 5.69 Å². The van der Waals surface area contributed by atoms with Crippen LogP contribution in [-0.2, 0) is 0 Å². The lowest BCUT2D eigenvalue weighted by Gasteiger charge is -2.36. The maximum atomic E-state index is 12.6. The van der Waals surface area contributed by atoms with E-state index in [1.807, 2.05) is 17.8 Å². The number of piperazine rings is 1. The molecule has 1 fully saturated rings. The van der Waals surface area contributed by atoms with Crippen molar-refractivity contribution in [1.82, 2.24) is 4.90 Å². The Morgan fingerprint density at radius 3 is 2.41 bits per heavy atom. The fourth-order valence-electron chi connectivity index (χ4n) is 3.62. The fourth-order valence-corrected chi connectivity index (χ4v) is 4.45. The third-order valence-electron chi connectivity index (χ3n) is 5.24. The summed E-state index contributed by atoms with van der Waals surface area (Å²) < 4.78 is 10.6. The summed E-state index contributed by atoms with van der Waals surface area (Å²) in [5, 5.41) is 0. The number of carbonyl (C=O) groups is 1. The van der Waals surface area contributed by atoms with E-state index in [1.165, 1.54) is 10.6 Å². The summed E-state index contributed by atoms with van der Waals surface area (Å²) >= 11 is 1.89. The molecular formula is C23H30N2O3S. The minimum Gasteiger partial charge on any atom is -0.493 e. The summed E-state index contributed by atoms with van der Waals surface area (Å²) in [6.45, 7) is 6.91. The van der Waals surface area contributed by atoms with Gasteiger partial charge in [0.15, 0.2) is 17.3 Å². The molecule has 0 N–H and O–H groups in total.